The van der Waals surface area contributed by atoms with E-state index in [1.165, 1.54) is 13.8 Å². The van der Waals surface area contributed by atoms with Gasteiger partial charge in [-0.25, -0.2) is 0 Å². The number of pyridine rings is 1. The van der Waals surface area contributed by atoms with Gasteiger partial charge < -0.3 is 9.94 Å². The Morgan fingerprint density at radius 2 is 2.20 bits per heavy atom. The average molecular weight is 279 g/mol. The summed E-state index contributed by atoms with van der Waals surface area (Å²) in [6.07, 6.45) is 0. The standard InChI is InChI=1S/C12H13N3O5/c1-4-20-12(16)9(6-13)11-8(3)14(17)7(2)5-10(11)15(18)19/h5,9H,4H2,1-3H3/t9-/m0/s1. The molecule has 0 radical (unpaired) electrons. The van der Waals surface area contributed by atoms with Crippen molar-refractivity contribution in [3.63, 3.8) is 0 Å². The molecule has 0 fully saturated rings. The summed E-state index contributed by atoms with van der Waals surface area (Å²) in [4.78, 5) is 22.1. The van der Waals surface area contributed by atoms with E-state index in [0.29, 0.717) is 4.73 Å². The van der Waals surface area contributed by atoms with Gasteiger partial charge in [0.15, 0.2) is 11.6 Å². The number of nitriles is 1. The summed E-state index contributed by atoms with van der Waals surface area (Å²) < 4.78 is 5.16. The van der Waals surface area contributed by atoms with Crippen LogP contribution < -0.4 is 4.73 Å². The maximum Gasteiger partial charge on any atom is 0.328 e. The third-order valence-corrected chi connectivity index (χ3v) is 2.77. The van der Waals surface area contributed by atoms with E-state index in [2.05, 4.69) is 0 Å². The molecule has 0 aromatic carbocycles. The molecular formula is C12H13N3O5. The van der Waals surface area contributed by atoms with Crippen molar-refractivity contribution in [3.05, 3.63) is 38.3 Å². The third-order valence-electron chi connectivity index (χ3n) is 2.77. The number of nitrogens with zero attached hydrogens (tertiary/aromatic N) is 3. The van der Waals surface area contributed by atoms with Crippen molar-refractivity contribution in [2.24, 2.45) is 0 Å². The van der Waals surface area contributed by atoms with Gasteiger partial charge in [0.2, 0.25) is 5.69 Å². The van der Waals surface area contributed by atoms with Crippen molar-refractivity contribution in [3.8, 4) is 6.07 Å². The Bertz CT molecular complexity index is 606. The molecule has 8 heteroatoms. The molecule has 0 amide bonds. The highest BCUT2D eigenvalue weighted by Gasteiger charge is 2.36. The first-order valence-corrected chi connectivity index (χ1v) is 5.79. The van der Waals surface area contributed by atoms with E-state index >= 15 is 0 Å². The molecular weight excluding hydrogens is 266 g/mol. The first-order chi connectivity index (χ1) is 9.34. The fourth-order valence-electron chi connectivity index (χ4n) is 1.86. The molecule has 0 aliphatic carbocycles. The number of aromatic nitrogens is 1. The summed E-state index contributed by atoms with van der Waals surface area (Å²) >= 11 is 0. The number of rotatable bonds is 4. The molecule has 1 aromatic rings. The molecule has 0 aliphatic heterocycles. The van der Waals surface area contributed by atoms with Crippen LogP contribution in [0.4, 0.5) is 5.69 Å². The topological polar surface area (TPSA) is 120 Å². The van der Waals surface area contributed by atoms with Crippen LogP contribution in [0.5, 0.6) is 0 Å². The van der Waals surface area contributed by atoms with E-state index in [9.17, 15) is 20.1 Å². The molecule has 0 N–H and O–H groups in total. The van der Waals surface area contributed by atoms with Gasteiger partial charge in [0.1, 0.15) is 5.56 Å². The second-order valence-electron chi connectivity index (χ2n) is 4.04. The Hall–Kier alpha value is -2.69. The van der Waals surface area contributed by atoms with E-state index in [1.54, 1.807) is 13.0 Å². The van der Waals surface area contributed by atoms with Crippen LogP contribution in [0, 0.1) is 40.5 Å². The lowest BCUT2D eigenvalue weighted by Crippen LogP contribution is -2.36. The quantitative estimate of drug-likeness (QED) is 0.267. The molecule has 0 saturated heterocycles. The predicted molar refractivity (Wildman–Crippen MR) is 66.5 cm³/mol. The first-order valence-electron chi connectivity index (χ1n) is 5.79. The number of ether oxygens (including phenoxy) is 1. The Labute approximate surface area is 114 Å². The van der Waals surface area contributed by atoms with Gasteiger partial charge in [-0.2, -0.15) is 9.99 Å². The van der Waals surface area contributed by atoms with Gasteiger partial charge in [-0.3, -0.25) is 14.9 Å². The lowest BCUT2D eigenvalue weighted by atomic mass is 9.97. The van der Waals surface area contributed by atoms with Crippen LogP contribution in [-0.4, -0.2) is 17.5 Å². The van der Waals surface area contributed by atoms with Crippen LogP contribution in [0.2, 0.25) is 0 Å². The van der Waals surface area contributed by atoms with Crippen LogP contribution in [0.15, 0.2) is 6.07 Å². The molecule has 0 bridgehead atoms. The smallest absolute Gasteiger partial charge is 0.328 e. The number of carbonyl (C=O) groups is 1. The van der Waals surface area contributed by atoms with Gasteiger partial charge in [-0.15, -0.1) is 0 Å². The van der Waals surface area contributed by atoms with Gasteiger partial charge in [0.05, 0.1) is 23.7 Å². The third kappa shape index (κ3) is 2.66. The number of aryl methyl sites for hydroxylation is 1. The minimum atomic E-state index is -1.50. The van der Waals surface area contributed by atoms with Crippen molar-refractivity contribution in [2.75, 3.05) is 6.61 Å². The number of nitro groups is 1. The monoisotopic (exact) mass is 279 g/mol. The summed E-state index contributed by atoms with van der Waals surface area (Å²) in [5.41, 5.74) is -0.613. The van der Waals surface area contributed by atoms with Crippen LogP contribution in [-0.2, 0) is 9.53 Å². The van der Waals surface area contributed by atoms with E-state index in [-0.39, 0.29) is 23.6 Å². The van der Waals surface area contributed by atoms with Crippen molar-refractivity contribution in [2.45, 2.75) is 26.7 Å². The minimum absolute atomic E-state index is 0.0348. The van der Waals surface area contributed by atoms with E-state index in [0.717, 1.165) is 6.07 Å². The van der Waals surface area contributed by atoms with Gasteiger partial charge in [0.25, 0.3) is 5.69 Å². The molecule has 1 heterocycles. The molecule has 20 heavy (non-hydrogen) atoms. The molecule has 0 spiro atoms. The fraction of sp³-hybridized carbons (Fsp3) is 0.417. The number of hydrogen-bond donors (Lipinski definition) is 0. The molecule has 0 unspecified atom stereocenters. The second-order valence-corrected chi connectivity index (χ2v) is 4.04. The molecule has 0 aliphatic rings. The number of carbonyl (C=O) groups excluding carboxylic acids is 1. The predicted octanol–water partition coefficient (Wildman–Crippen LogP) is 1.02. The average Bonchev–Trinajstić information content (AvgIpc) is 2.39. The molecule has 8 nitrogen and oxygen atoms in total. The Morgan fingerprint density at radius 3 is 2.65 bits per heavy atom. The summed E-state index contributed by atoms with van der Waals surface area (Å²) in [6, 6.07) is 2.70. The van der Waals surface area contributed by atoms with Gasteiger partial charge >= 0.3 is 5.97 Å². The molecule has 1 atom stereocenters. The first kappa shape index (κ1) is 15.4. The summed E-state index contributed by atoms with van der Waals surface area (Å²) in [7, 11) is 0. The molecule has 0 saturated carbocycles. The minimum Gasteiger partial charge on any atom is -0.618 e. The number of esters is 1. The van der Waals surface area contributed by atoms with Gasteiger partial charge in [-0.05, 0) is 6.92 Å². The zero-order valence-corrected chi connectivity index (χ0v) is 11.2. The highest BCUT2D eigenvalue weighted by molar-refractivity contribution is 5.83. The van der Waals surface area contributed by atoms with Crippen LogP contribution >= 0.6 is 0 Å². The Morgan fingerprint density at radius 1 is 1.60 bits per heavy atom. The highest BCUT2D eigenvalue weighted by atomic mass is 16.6. The summed E-state index contributed by atoms with van der Waals surface area (Å²) in [5, 5.41) is 32.0. The van der Waals surface area contributed by atoms with E-state index in [1.807, 2.05) is 0 Å². The van der Waals surface area contributed by atoms with Crippen molar-refractivity contribution in [1.82, 2.24) is 0 Å². The largest absolute Gasteiger partial charge is 0.618 e. The highest BCUT2D eigenvalue weighted by Crippen LogP contribution is 2.29. The molecule has 1 rings (SSSR count). The maximum atomic E-state index is 11.8. The van der Waals surface area contributed by atoms with Crippen molar-refractivity contribution in [1.29, 1.82) is 5.26 Å². The van der Waals surface area contributed by atoms with Crippen LogP contribution in [0.1, 0.15) is 29.8 Å². The lowest BCUT2D eigenvalue weighted by molar-refractivity contribution is -0.620. The zero-order chi connectivity index (χ0) is 15.4. The Kier molecular flexibility index (Phi) is 4.59. The van der Waals surface area contributed by atoms with E-state index < -0.39 is 22.5 Å². The van der Waals surface area contributed by atoms with Crippen molar-refractivity contribution < 1.29 is 19.2 Å². The van der Waals surface area contributed by atoms with Gasteiger partial charge in [-0.1, -0.05) is 0 Å². The van der Waals surface area contributed by atoms with Crippen molar-refractivity contribution >= 4 is 11.7 Å². The van der Waals surface area contributed by atoms with E-state index in [4.69, 9.17) is 10.00 Å². The van der Waals surface area contributed by atoms with Crippen LogP contribution in [0.3, 0.4) is 0 Å². The maximum absolute atomic E-state index is 11.8. The second kappa shape index (κ2) is 5.97. The SMILES string of the molecule is CCOC(=O)[C@@H](C#N)c1c([N+](=O)[O-])cc(C)[n+]([O-])c1C. The lowest BCUT2D eigenvalue weighted by Gasteiger charge is -2.13. The van der Waals surface area contributed by atoms with Gasteiger partial charge in [0, 0.05) is 13.8 Å². The summed E-state index contributed by atoms with van der Waals surface area (Å²) in [6.45, 7) is 4.32. The fourth-order valence-corrected chi connectivity index (χ4v) is 1.86. The summed E-state index contributed by atoms with van der Waals surface area (Å²) in [5.74, 6) is -2.42. The zero-order valence-electron chi connectivity index (χ0n) is 11.2. The normalized spacial score (nSPS) is 11.5. The molecule has 1 aromatic heterocycles. The molecule has 106 valence electrons. The Balaban J connectivity index is 3.56. The van der Waals surface area contributed by atoms with Crippen LogP contribution in [0.25, 0.3) is 0 Å². The number of hydrogen-bond acceptors (Lipinski definition) is 6.